The molecule has 11 nitrogen and oxygen atoms in total. The molecule has 56 heavy (non-hydrogen) atoms. The molecule has 3 fully saturated rings. The Labute approximate surface area is 327 Å². The van der Waals surface area contributed by atoms with Gasteiger partial charge in [0.2, 0.25) is 18.2 Å². The molecule has 3 aliphatic rings. The highest BCUT2D eigenvalue weighted by Crippen LogP contribution is 2.36. The Kier molecular flexibility index (Phi) is 12.7. The standard InChI is InChI=1S/C43H51F2N7O4/c1-30-6-10-35(26-37(30)42(56)52(29-53)39-14-15-40(54)47-41(39)55)51-24-22-49(23-25-51)19-5-4-18-48(3)34-11-7-31(8-12-34)32-16-20-50(21-17-32)36-13-9-33(28-46)38(27-36)43(2,44)45/h6-13,26-27,29,32,39H,4-5,14-25H2,1-3H3,(H,47,54,55). The molecule has 296 valence electrons. The van der Waals surface area contributed by atoms with Gasteiger partial charge in [0, 0.05) is 94.4 Å². The van der Waals surface area contributed by atoms with Gasteiger partial charge < -0.3 is 14.7 Å². The molecule has 1 N–H and O–H groups in total. The Morgan fingerprint density at radius 1 is 0.929 bits per heavy atom. The topological polar surface area (TPSA) is 120 Å². The van der Waals surface area contributed by atoms with E-state index in [-0.39, 0.29) is 24.0 Å². The van der Waals surface area contributed by atoms with Gasteiger partial charge in [0.25, 0.3) is 11.8 Å². The van der Waals surface area contributed by atoms with E-state index in [0.717, 1.165) is 101 Å². The molecule has 0 radical (unpaired) electrons. The number of hydrogen-bond acceptors (Lipinski definition) is 9. The van der Waals surface area contributed by atoms with E-state index in [2.05, 4.69) is 56.2 Å². The lowest BCUT2D eigenvalue weighted by Gasteiger charge is -2.36. The minimum Gasteiger partial charge on any atom is -0.375 e. The third kappa shape index (κ3) is 9.36. The van der Waals surface area contributed by atoms with Crippen LogP contribution in [0.4, 0.5) is 25.8 Å². The largest absolute Gasteiger partial charge is 0.375 e. The molecule has 0 bridgehead atoms. The number of carbonyl (C=O) groups is 4. The van der Waals surface area contributed by atoms with E-state index >= 15 is 0 Å². The van der Waals surface area contributed by atoms with E-state index < -0.39 is 29.7 Å². The molecule has 0 aliphatic carbocycles. The number of hydrogen-bond donors (Lipinski definition) is 1. The maximum Gasteiger partial charge on any atom is 0.271 e. The summed E-state index contributed by atoms with van der Waals surface area (Å²) in [4.78, 5) is 59.4. The number of piperidine rings is 2. The Bertz CT molecular complexity index is 1940. The smallest absolute Gasteiger partial charge is 0.271 e. The van der Waals surface area contributed by atoms with E-state index in [1.54, 1.807) is 19.1 Å². The third-order valence-electron chi connectivity index (χ3n) is 11.6. The van der Waals surface area contributed by atoms with E-state index in [9.17, 15) is 33.2 Å². The van der Waals surface area contributed by atoms with Crippen molar-refractivity contribution in [2.24, 2.45) is 0 Å². The zero-order valence-electron chi connectivity index (χ0n) is 32.5. The second kappa shape index (κ2) is 17.6. The molecule has 1 atom stereocenters. The summed E-state index contributed by atoms with van der Waals surface area (Å²) in [6.45, 7) is 9.53. The maximum atomic E-state index is 14.2. The summed E-state index contributed by atoms with van der Waals surface area (Å²) < 4.78 is 28.3. The van der Waals surface area contributed by atoms with Crippen molar-refractivity contribution in [3.05, 3.63) is 88.5 Å². The first kappa shape index (κ1) is 40.3. The molecule has 0 saturated carbocycles. The number of imide groups is 2. The van der Waals surface area contributed by atoms with Gasteiger partial charge in [0.1, 0.15) is 6.04 Å². The summed E-state index contributed by atoms with van der Waals surface area (Å²) in [5, 5.41) is 11.5. The Balaban J connectivity index is 0.921. The quantitative estimate of drug-likeness (QED) is 0.131. The monoisotopic (exact) mass is 767 g/mol. The van der Waals surface area contributed by atoms with Crippen molar-refractivity contribution in [2.75, 3.05) is 74.1 Å². The van der Waals surface area contributed by atoms with Gasteiger partial charge in [-0.15, -0.1) is 0 Å². The molecule has 3 aromatic rings. The van der Waals surface area contributed by atoms with Gasteiger partial charge in [-0.25, -0.2) is 8.78 Å². The van der Waals surface area contributed by atoms with E-state index in [4.69, 9.17) is 0 Å². The van der Waals surface area contributed by atoms with Crippen LogP contribution in [-0.2, 0) is 20.3 Å². The van der Waals surface area contributed by atoms with Crippen LogP contribution < -0.4 is 20.0 Å². The predicted octanol–water partition coefficient (Wildman–Crippen LogP) is 5.80. The average molecular weight is 768 g/mol. The molecular weight excluding hydrogens is 717 g/mol. The fourth-order valence-electron chi connectivity index (χ4n) is 8.09. The molecule has 4 amide bonds. The minimum atomic E-state index is -3.07. The highest BCUT2D eigenvalue weighted by atomic mass is 19.3. The summed E-state index contributed by atoms with van der Waals surface area (Å²) >= 11 is 0. The SMILES string of the molecule is Cc1ccc(N2CCN(CCCCN(C)c3ccc(C4CCN(c5ccc(C#N)c(C(C)(F)F)c5)CC4)cc3)CC2)cc1C(=O)N(C=O)C1CCC(=O)NC1=O. The second-order valence-electron chi connectivity index (χ2n) is 15.3. The van der Waals surface area contributed by atoms with Crippen LogP contribution >= 0.6 is 0 Å². The van der Waals surface area contributed by atoms with Crippen LogP contribution in [0.5, 0.6) is 0 Å². The van der Waals surface area contributed by atoms with Crippen molar-refractivity contribution in [3.8, 4) is 6.07 Å². The summed E-state index contributed by atoms with van der Waals surface area (Å²) in [6.07, 6.45) is 4.56. The molecule has 0 aromatic heterocycles. The molecule has 13 heteroatoms. The Morgan fingerprint density at radius 3 is 2.23 bits per heavy atom. The number of unbranched alkanes of at least 4 members (excludes halogenated alkanes) is 1. The van der Waals surface area contributed by atoms with Crippen molar-refractivity contribution in [3.63, 3.8) is 0 Å². The fraction of sp³-hybridized carbons (Fsp3) is 0.465. The second-order valence-corrected chi connectivity index (χ2v) is 15.3. The lowest BCUT2D eigenvalue weighted by molar-refractivity contribution is -0.139. The van der Waals surface area contributed by atoms with Crippen LogP contribution in [0.2, 0.25) is 0 Å². The van der Waals surface area contributed by atoms with Crippen molar-refractivity contribution in [2.45, 2.75) is 70.3 Å². The molecule has 3 aromatic carbocycles. The first-order valence-corrected chi connectivity index (χ1v) is 19.5. The number of nitrogens with zero attached hydrogens (tertiary/aromatic N) is 6. The van der Waals surface area contributed by atoms with E-state index in [0.29, 0.717) is 23.5 Å². The normalized spacial score (nSPS) is 18.3. The van der Waals surface area contributed by atoms with Crippen LogP contribution in [0.1, 0.15) is 84.0 Å². The highest BCUT2D eigenvalue weighted by Gasteiger charge is 2.36. The van der Waals surface area contributed by atoms with Crippen LogP contribution in [-0.4, -0.2) is 99.4 Å². The molecule has 3 saturated heterocycles. The number of benzene rings is 3. The molecule has 6 rings (SSSR count). The number of anilines is 3. The first-order chi connectivity index (χ1) is 26.9. The van der Waals surface area contributed by atoms with Crippen LogP contribution in [0.3, 0.4) is 0 Å². The van der Waals surface area contributed by atoms with E-state index in [1.807, 2.05) is 18.2 Å². The summed E-state index contributed by atoms with van der Waals surface area (Å²) in [7, 11) is 2.12. The highest BCUT2D eigenvalue weighted by molar-refractivity contribution is 6.07. The number of amides is 4. The third-order valence-corrected chi connectivity index (χ3v) is 11.6. The zero-order valence-corrected chi connectivity index (χ0v) is 32.5. The fourth-order valence-corrected chi connectivity index (χ4v) is 8.09. The number of piperazine rings is 1. The van der Waals surface area contributed by atoms with E-state index in [1.165, 1.54) is 23.4 Å². The molecule has 3 aliphatic heterocycles. The number of carbonyl (C=O) groups excluding carboxylic acids is 4. The summed E-state index contributed by atoms with van der Waals surface area (Å²) in [5.41, 5.74) is 4.98. The number of rotatable bonds is 13. The maximum absolute atomic E-state index is 14.2. The number of aryl methyl sites for hydroxylation is 1. The van der Waals surface area contributed by atoms with Gasteiger partial charge in [-0.05, 0) is 105 Å². The van der Waals surface area contributed by atoms with Gasteiger partial charge >= 0.3 is 0 Å². The van der Waals surface area contributed by atoms with Crippen LogP contribution in [0.15, 0.2) is 60.7 Å². The number of nitrogens with one attached hydrogen (secondary N) is 1. The van der Waals surface area contributed by atoms with Gasteiger partial charge in [-0.1, -0.05) is 18.2 Å². The minimum absolute atomic E-state index is 0.0181. The van der Waals surface area contributed by atoms with Crippen molar-refractivity contribution < 1.29 is 28.0 Å². The van der Waals surface area contributed by atoms with Crippen LogP contribution in [0, 0.1) is 18.3 Å². The van der Waals surface area contributed by atoms with Crippen molar-refractivity contribution in [1.82, 2.24) is 15.1 Å². The Morgan fingerprint density at radius 2 is 1.59 bits per heavy atom. The predicted molar refractivity (Wildman–Crippen MR) is 212 cm³/mol. The summed E-state index contributed by atoms with van der Waals surface area (Å²) in [6, 6.07) is 20.1. The number of alkyl halides is 2. The molecule has 3 heterocycles. The lowest BCUT2D eigenvalue weighted by Crippen LogP contribution is -2.54. The molecule has 1 unspecified atom stereocenters. The van der Waals surface area contributed by atoms with Crippen molar-refractivity contribution >= 4 is 41.2 Å². The van der Waals surface area contributed by atoms with Gasteiger partial charge in [-0.2, -0.15) is 5.26 Å². The number of nitriles is 1. The first-order valence-electron chi connectivity index (χ1n) is 19.5. The molecular formula is C43H51F2N7O4. The van der Waals surface area contributed by atoms with Gasteiger partial charge in [-0.3, -0.25) is 34.3 Å². The Hall–Kier alpha value is -5.35. The van der Waals surface area contributed by atoms with Crippen molar-refractivity contribution in [1.29, 1.82) is 5.26 Å². The van der Waals surface area contributed by atoms with Gasteiger partial charge in [0.05, 0.1) is 11.6 Å². The molecule has 0 spiro atoms. The average Bonchev–Trinajstić information content (AvgIpc) is 3.20. The number of halogens is 2. The lowest BCUT2D eigenvalue weighted by atomic mass is 9.89. The van der Waals surface area contributed by atoms with Gasteiger partial charge in [0.15, 0.2) is 0 Å². The summed E-state index contributed by atoms with van der Waals surface area (Å²) in [5.74, 6) is -4.24. The zero-order chi connectivity index (χ0) is 40.0. The van der Waals surface area contributed by atoms with Crippen LogP contribution in [0.25, 0.3) is 0 Å².